The van der Waals surface area contributed by atoms with E-state index in [9.17, 15) is 0 Å². The van der Waals surface area contributed by atoms with Gasteiger partial charge < -0.3 is 5.32 Å². The minimum Gasteiger partial charge on any atom is -0.330 e. The van der Waals surface area contributed by atoms with Crippen LogP contribution in [0.3, 0.4) is 0 Å². The summed E-state index contributed by atoms with van der Waals surface area (Å²) >= 11 is 7.31. The summed E-state index contributed by atoms with van der Waals surface area (Å²) < 4.78 is 0. The minimum absolute atomic E-state index is 0.608. The Balaban J connectivity index is 1.60. The number of halogens is 1. The van der Waals surface area contributed by atoms with Crippen molar-refractivity contribution < 1.29 is 0 Å². The zero-order valence-corrected chi connectivity index (χ0v) is 13.0. The summed E-state index contributed by atoms with van der Waals surface area (Å²) in [6.07, 6.45) is 1.73. The van der Waals surface area contributed by atoms with Crippen LogP contribution in [0.1, 0.15) is 5.56 Å². The lowest BCUT2D eigenvalue weighted by atomic mass is 10.2. The molecule has 1 aromatic heterocycles. The van der Waals surface area contributed by atoms with E-state index < -0.39 is 0 Å². The predicted octanol–water partition coefficient (Wildman–Crippen LogP) is 4.38. The van der Waals surface area contributed by atoms with Crippen molar-refractivity contribution in [3.8, 4) is 0 Å². The monoisotopic (exact) mass is 329 g/mol. The lowest BCUT2D eigenvalue weighted by molar-refractivity contribution is 1.08. The van der Waals surface area contributed by atoms with Gasteiger partial charge in [-0.05, 0) is 23.8 Å². The van der Waals surface area contributed by atoms with Gasteiger partial charge in [-0.2, -0.15) is 5.10 Å². The Morgan fingerprint density at radius 1 is 1.00 bits per heavy atom. The highest BCUT2D eigenvalue weighted by atomic mass is 35.5. The van der Waals surface area contributed by atoms with Crippen LogP contribution in [0.4, 0.5) is 16.0 Å². The molecule has 22 heavy (non-hydrogen) atoms. The molecule has 0 aliphatic heterocycles. The quantitative estimate of drug-likeness (QED) is 0.538. The molecule has 2 aromatic carbocycles. The normalized spacial score (nSPS) is 10.8. The third-order valence-electron chi connectivity index (χ3n) is 2.67. The maximum absolute atomic E-state index is 5.94. The van der Waals surface area contributed by atoms with Crippen molar-refractivity contribution in [2.24, 2.45) is 5.10 Å². The Morgan fingerprint density at radius 2 is 1.82 bits per heavy atom. The molecular weight excluding hydrogens is 318 g/mol. The van der Waals surface area contributed by atoms with Gasteiger partial charge in [0, 0.05) is 10.7 Å². The molecule has 0 bridgehead atoms. The molecule has 1 heterocycles. The number of hydrogen-bond donors (Lipinski definition) is 2. The van der Waals surface area contributed by atoms with Gasteiger partial charge in [0.1, 0.15) is 0 Å². The SMILES string of the molecule is Clc1cccc(Nc2nnc(N/N=C/c3ccccc3)s2)c1. The van der Waals surface area contributed by atoms with E-state index in [-0.39, 0.29) is 0 Å². The number of benzene rings is 2. The molecule has 2 N–H and O–H groups in total. The van der Waals surface area contributed by atoms with Crippen LogP contribution in [0, 0.1) is 0 Å². The van der Waals surface area contributed by atoms with Crippen LogP contribution in [0.2, 0.25) is 5.02 Å². The molecule has 0 saturated carbocycles. The number of nitrogens with one attached hydrogen (secondary N) is 2. The lowest BCUT2D eigenvalue weighted by Crippen LogP contribution is -1.89. The first-order valence-electron chi connectivity index (χ1n) is 6.50. The summed E-state index contributed by atoms with van der Waals surface area (Å²) in [5.41, 5.74) is 4.73. The van der Waals surface area contributed by atoms with Crippen LogP contribution >= 0.6 is 22.9 Å². The van der Waals surface area contributed by atoms with Crippen molar-refractivity contribution in [2.75, 3.05) is 10.7 Å². The summed E-state index contributed by atoms with van der Waals surface area (Å²) in [4.78, 5) is 0. The standard InChI is InChI=1S/C15H12ClN5S/c16-12-7-4-8-13(9-12)18-14-20-21-15(22-14)19-17-10-11-5-2-1-3-6-11/h1-10H,(H,18,20)(H,19,21)/b17-10+. The average molecular weight is 330 g/mol. The number of hydrazone groups is 1. The van der Waals surface area contributed by atoms with E-state index in [1.807, 2.05) is 54.6 Å². The second kappa shape index (κ2) is 7.02. The highest BCUT2D eigenvalue weighted by molar-refractivity contribution is 7.19. The van der Waals surface area contributed by atoms with Gasteiger partial charge in [0.15, 0.2) is 0 Å². The fraction of sp³-hybridized carbons (Fsp3) is 0. The van der Waals surface area contributed by atoms with Gasteiger partial charge in [0.2, 0.25) is 10.3 Å². The molecule has 0 amide bonds. The fourth-order valence-electron chi connectivity index (χ4n) is 1.71. The van der Waals surface area contributed by atoms with Crippen molar-refractivity contribution in [3.63, 3.8) is 0 Å². The van der Waals surface area contributed by atoms with E-state index in [4.69, 9.17) is 11.6 Å². The van der Waals surface area contributed by atoms with E-state index in [2.05, 4.69) is 26.0 Å². The minimum atomic E-state index is 0.608. The van der Waals surface area contributed by atoms with Crippen molar-refractivity contribution >= 4 is 45.1 Å². The molecule has 0 saturated heterocycles. The Labute approximate surface area is 136 Å². The third kappa shape index (κ3) is 4.03. The van der Waals surface area contributed by atoms with E-state index in [0.29, 0.717) is 15.3 Å². The average Bonchev–Trinajstić information content (AvgIpc) is 2.96. The number of hydrogen-bond acceptors (Lipinski definition) is 6. The Morgan fingerprint density at radius 3 is 2.64 bits per heavy atom. The summed E-state index contributed by atoms with van der Waals surface area (Å²) in [5.74, 6) is 0. The zero-order chi connectivity index (χ0) is 15.2. The summed E-state index contributed by atoms with van der Waals surface area (Å²) in [6.45, 7) is 0. The van der Waals surface area contributed by atoms with Crippen molar-refractivity contribution in [1.29, 1.82) is 0 Å². The molecule has 110 valence electrons. The Kier molecular flexibility index (Phi) is 4.62. The molecule has 5 nitrogen and oxygen atoms in total. The van der Waals surface area contributed by atoms with Gasteiger partial charge >= 0.3 is 0 Å². The van der Waals surface area contributed by atoms with E-state index in [1.165, 1.54) is 11.3 Å². The van der Waals surface area contributed by atoms with Crippen molar-refractivity contribution in [3.05, 3.63) is 65.2 Å². The molecule has 3 rings (SSSR count). The lowest BCUT2D eigenvalue weighted by Gasteiger charge is -2.00. The summed E-state index contributed by atoms with van der Waals surface area (Å²) in [6, 6.07) is 17.2. The summed E-state index contributed by atoms with van der Waals surface area (Å²) in [7, 11) is 0. The highest BCUT2D eigenvalue weighted by Gasteiger charge is 2.03. The van der Waals surface area contributed by atoms with E-state index >= 15 is 0 Å². The van der Waals surface area contributed by atoms with Crippen LogP contribution in [-0.4, -0.2) is 16.4 Å². The first kappa shape index (κ1) is 14.5. The largest absolute Gasteiger partial charge is 0.330 e. The van der Waals surface area contributed by atoms with Crippen LogP contribution < -0.4 is 10.7 Å². The first-order chi connectivity index (χ1) is 10.8. The van der Waals surface area contributed by atoms with Crippen molar-refractivity contribution in [2.45, 2.75) is 0 Å². The molecule has 0 atom stereocenters. The number of rotatable bonds is 5. The molecule has 0 spiro atoms. The van der Waals surface area contributed by atoms with Crippen LogP contribution in [0.25, 0.3) is 0 Å². The van der Waals surface area contributed by atoms with Gasteiger partial charge in [0.25, 0.3) is 0 Å². The maximum Gasteiger partial charge on any atom is 0.227 e. The number of aromatic nitrogens is 2. The number of anilines is 3. The fourth-order valence-corrected chi connectivity index (χ4v) is 2.51. The zero-order valence-electron chi connectivity index (χ0n) is 11.4. The Bertz CT molecular complexity index is 772. The number of nitrogens with zero attached hydrogens (tertiary/aromatic N) is 3. The molecule has 7 heteroatoms. The molecule has 0 unspecified atom stereocenters. The van der Waals surface area contributed by atoms with E-state index in [1.54, 1.807) is 6.21 Å². The van der Waals surface area contributed by atoms with Crippen molar-refractivity contribution in [1.82, 2.24) is 10.2 Å². The molecule has 0 aliphatic carbocycles. The summed E-state index contributed by atoms with van der Waals surface area (Å²) in [5, 5.41) is 17.3. The highest BCUT2D eigenvalue weighted by Crippen LogP contribution is 2.25. The third-order valence-corrected chi connectivity index (χ3v) is 3.65. The van der Waals surface area contributed by atoms with Gasteiger partial charge in [0.05, 0.1) is 6.21 Å². The van der Waals surface area contributed by atoms with Gasteiger partial charge in [-0.25, -0.2) is 0 Å². The predicted molar refractivity (Wildman–Crippen MR) is 92.3 cm³/mol. The topological polar surface area (TPSA) is 62.2 Å². The van der Waals surface area contributed by atoms with Gasteiger partial charge in [-0.1, -0.05) is 59.3 Å². The van der Waals surface area contributed by atoms with Crippen LogP contribution in [0.5, 0.6) is 0 Å². The first-order valence-corrected chi connectivity index (χ1v) is 7.69. The maximum atomic E-state index is 5.94. The second-order valence-corrected chi connectivity index (χ2v) is 5.74. The second-order valence-electron chi connectivity index (χ2n) is 4.33. The van der Waals surface area contributed by atoms with Crippen LogP contribution in [-0.2, 0) is 0 Å². The van der Waals surface area contributed by atoms with Gasteiger partial charge in [-0.3, -0.25) is 5.43 Å². The molecular formula is C15H12ClN5S. The molecule has 0 radical (unpaired) electrons. The smallest absolute Gasteiger partial charge is 0.227 e. The molecule has 0 fully saturated rings. The van der Waals surface area contributed by atoms with Crippen LogP contribution in [0.15, 0.2) is 59.7 Å². The Hall–Kier alpha value is -2.44. The van der Waals surface area contributed by atoms with Gasteiger partial charge in [-0.15, -0.1) is 10.2 Å². The van der Waals surface area contributed by atoms with E-state index in [0.717, 1.165) is 11.3 Å². The molecule has 0 aliphatic rings. The molecule has 3 aromatic rings.